The first-order valence-electron chi connectivity index (χ1n) is 9.73. The topological polar surface area (TPSA) is 105 Å². The van der Waals surface area contributed by atoms with Gasteiger partial charge < -0.3 is 15.4 Å². The van der Waals surface area contributed by atoms with E-state index in [2.05, 4.69) is 10.2 Å². The summed E-state index contributed by atoms with van der Waals surface area (Å²) in [7, 11) is 2.01. The minimum atomic E-state index is -0.584. The Labute approximate surface area is 165 Å². The number of carbonyl (C=O) groups excluding carboxylic acids is 3. The maximum atomic E-state index is 12.9. The Bertz CT molecular complexity index is 752. The molecule has 1 aromatic carbocycles. The van der Waals surface area contributed by atoms with Crippen molar-refractivity contribution >= 4 is 17.7 Å². The summed E-state index contributed by atoms with van der Waals surface area (Å²) >= 11 is 0. The van der Waals surface area contributed by atoms with E-state index in [4.69, 9.17) is 10.5 Å². The lowest BCUT2D eigenvalue weighted by Crippen LogP contribution is -2.52. The normalized spacial score (nSPS) is 19.3. The molecule has 3 rings (SSSR count). The van der Waals surface area contributed by atoms with Gasteiger partial charge in [-0.3, -0.25) is 24.6 Å². The first-order chi connectivity index (χ1) is 13.5. The quantitative estimate of drug-likeness (QED) is 0.464. The Balaban J connectivity index is 1.63. The summed E-state index contributed by atoms with van der Waals surface area (Å²) in [6.07, 6.45) is 1.49. The minimum Gasteiger partial charge on any atom is -0.380 e. The van der Waals surface area contributed by atoms with Crippen LogP contribution in [0.25, 0.3) is 0 Å². The van der Waals surface area contributed by atoms with Crippen LogP contribution in [0.3, 0.4) is 0 Å². The molecule has 0 aliphatic carbocycles. The molecule has 2 aliphatic heterocycles. The molecule has 8 nitrogen and oxygen atoms in total. The fourth-order valence-electron chi connectivity index (χ4n) is 3.68. The number of rotatable bonds is 9. The molecule has 1 aromatic rings. The third kappa shape index (κ3) is 4.57. The molecule has 1 unspecified atom stereocenters. The number of likely N-dealkylation sites (N-methyl/N-ethyl adjacent to an activating group) is 1. The van der Waals surface area contributed by atoms with Crippen molar-refractivity contribution in [2.75, 3.05) is 33.4 Å². The highest BCUT2D eigenvalue weighted by Crippen LogP contribution is 2.30. The lowest BCUT2D eigenvalue weighted by atomic mass is 10.0. The number of imide groups is 1. The third-order valence-corrected chi connectivity index (χ3v) is 5.23. The zero-order chi connectivity index (χ0) is 20.1. The fourth-order valence-corrected chi connectivity index (χ4v) is 3.68. The molecule has 0 radical (unpaired) electrons. The van der Waals surface area contributed by atoms with E-state index in [1.807, 2.05) is 25.2 Å². The number of fused-ring (bicyclic) bond motifs is 1. The van der Waals surface area contributed by atoms with Gasteiger partial charge in [-0.15, -0.1) is 0 Å². The van der Waals surface area contributed by atoms with Crippen molar-refractivity contribution < 1.29 is 19.1 Å². The van der Waals surface area contributed by atoms with Crippen LogP contribution in [0.4, 0.5) is 0 Å². The Morgan fingerprint density at radius 1 is 1.29 bits per heavy atom. The molecule has 28 heavy (non-hydrogen) atoms. The van der Waals surface area contributed by atoms with Gasteiger partial charge in [-0.25, -0.2) is 0 Å². The van der Waals surface area contributed by atoms with E-state index >= 15 is 0 Å². The summed E-state index contributed by atoms with van der Waals surface area (Å²) in [5.41, 5.74) is 8.14. The molecule has 3 amide bonds. The van der Waals surface area contributed by atoms with Crippen molar-refractivity contribution in [2.24, 2.45) is 5.73 Å². The predicted octanol–water partition coefficient (Wildman–Crippen LogP) is 0.245. The number of nitrogens with one attached hydrogen (secondary N) is 1. The van der Waals surface area contributed by atoms with E-state index in [9.17, 15) is 14.4 Å². The van der Waals surface area contributed by atoms with Crippen LogP contribution in [-0.2, 0) is 27.4 Å². The molecular weight excluding hydrogens is 360 g/mol. The van der Waals surface area contributed by atoms with E-state index in [-0.39, 0.29) is 24.1 Å². The predicted molar refractivity (Wildman–Crippen MR) is 103 cm³/mol. The first-order valence-corrected chi connectivity index (χ1v) is 9.73. The number of nitrogens with zero attached hydrogens (tertiary/aromatic N) is 2. The number of amides is 3. The van der Waals surface area contributed by atoms with Crippen LogP contribution in [-0.4, -0.2) is 66.9 Å². The number of benzene rings is 1. The monoisotopic (exact) mass is 388 g/mol. The van der Waals surface area contributed by atoms with Gasteiger partial charge in [-0.2, -0.15) is 0 Å². The van der Waals surface area contributed by atoms with Crippen molar-refractivity contribution in [3.8, 4) is 0 Å². The highest BCUT2D eigenvalue weighted by molar-refractivity contribution is 6.05. The summed E-state index contributed by atoms with van der Waals surface area (Å²) in [4.78, 5) is 40.2. The van der Waals surface area contributed by atoms with Crippen LogP contribution in [0.5, 0.6) is 0 Å². The number of ether oxygens (including phenoxy) is 1. The van der Waals surface area contributed by atoms with Crippen molar-refractivity contribution in [1.29, 1.82) is 0 Å². The first kappa shape index (κ1) is 20.4. The van der Waals surface area contributed by atoms with Crippen LogP contribution in [0.1, 0.15) is 40.7 Å². The average Bonchev–Trinajstić information content (AvgIpc) is 2.99. The minimum absolute atomic E-state index is 0.140. The van der Waals surface area contributed by atoms with Gasteiger partial charge in [0.05, 0.1) is 6.61 Å². The number of nitrogens with two attached hydrogens (primary N) is 1. The second kappa shape index (κ2) is 9.27. The fraction of sp³-hybridized carbons (Fsp3) is 0.550. The highest BCUT2D eigenvalue weighted by Gasteiger charge is 2.39. The largest absolute Gasteiger partial charge is 0.380 e. The smallest absolute Gasteiger partial charge is 0.255 e. The number of hydrogen-bond donors (Lipinski definition) is 2. The zero-order valence-corrected chi connectivity index (χ0v) is 16.3. The van der Waals surface area contributed by atoms with Crippen molar-refractivity contribution in [3.63, 3.8) is 0 Å². The van der Waals surface area contributed by atoms with E-state index in [0.29, 0.717) is 44.8 Å². The Kier molecular flexibility index (Phi) is 6.77. The van der Waals surface area contributed by atoms with Gasteiger partial charge in [0.2, 0.25) is 11.8 Å². The van der Waals surface area contributed by atoms with Crippen LogP contribution in [0.2, 0.25) is 0 Å². The van der Waals surface area contributed by atoms with E-state index in [1.54, 1.807) is 4.90 Å². The van der Waals surface area contributed by atoms with Crippen LogP contribution >= 0.6 is 0 Å². The number of piperidine rings is 1. The van der Waals surface area contributed by atoms with Gasteiger partial charge in [-0.1, -0.05) is 12.1 Å². The molecule has 2 aliphatic rings. The molecule has 0 saturated carbocycles. The molecule has 1 fully saturated rings. The SMILES string of the molecule is CN(CCOCCCN)Cc1cccc2c1CN(C1CCC(=O)NC1=O)C2=O. The standard InChI is InChI=1S/C20H28N4O4/c1-23(9-11-28-10-3-8-21)12-14-4-2-5-15-16(14)13-24(20(15)27)17-6-7-18(25)22-19(17)26/h2,4-5,17H,3,6-13,21H2,1H3,(H,22,25,26). The molecule has 2 heterocycles. The molecule has 8 heteroatoms. The average molecular weight is 388 g/mol. The summed E-state index contributed by atoms with van der Waals surface area (Å²) in [6, 6.07) is 5.12. The number of carbonyl (C=O) groups is 3. The molecule has 3 N–H and O–H groups in total. The summed E-state index contributed by atoms with van der Waals surface area (Å²) in [6.45, 7) is 3.80. The molecule has 1 saturated heterocycles. The number of hydrogen-bond acceptors (Lipinski definition) is 6. The molecule has 1 atom stereocenters. The van der Waals surface area contributed by atoms with Crippen LogP contribution in [0, 0.1) is 0 Å². The van der Waals surface area contributed by atoms with Crippen molar-refractivity contribution in [2.45, 2.75) is 38.4 Å². The molecule has 0 bridgehead atoms. The zero-order valence-electron chi connectivity index (χ0n) is 16.3. The second-order valence-electron chi connectivity index (χ2n) is 7.34. The Morgan fingerprint density at radius 3 is 2.86 bits per heavy atom. The van der Waals surface area contributed by atoms with E-state index in [1.165, 1.54) is 0 Å². The van der Waals surface area contributed by atoms with Gasteiger partial charge in [0, 0.05) is 38.2 Å². The van der Waals surface area contributed by atoms with Gasteiger partial charge >= 0.3 is 0 Å². The van der Waals surface area contributed by atoms with Gasteiger partial charge in [0.1, 0.15) is 6.04 Å². The molecule has 152 valence electrons. The van der Waals surface area contributed by atoms with Gasteiger partial charge in [0.25, 0.3) is 5.91 Å². The summed E-state index contributed by atoms with van der Waals surface area (Å²) in [5.74, 6) is -0.800. The van der Waals surface area contributed by atoms with Gasteiger partial charge in [0.15, 0.2) is 0 Å². The van der Waals surface area contributed by atoms with Crippen molar-refractivity contribution in [1.82, 2.24) is 15.1 Å². The molecular formula is C20H28N4O4. The maximum Gasteiger partial charge on any atom is 0.255 e. The lowest BCUT2D eigenvalue weighted by molar-refractivity contribution is -0.136. The highest BCUT2D eigenvalue weighted by atomic mass is 16.5. The maximum absolute atomic E-state index is 12.9. The van der Waals surface area contributed by atoms with E-state index < -0.39 is 6.04 Å². The Hall–Kier alpha value is -2.29. The summed E-state index contributed by atoms with van der Waals surface area (Å²) in [5, 5.41) is 2.34. The van der Waals surface area contributed by atoms with Crippen molar-refractivity contribution in [3.05, 3.63) is 34.9 Å². The molecule has 0 spiro atoms. The van der Waals surface area contributed by atoms with Crippen LogP contribution in [0.15, 0.2) is 18.2 Å². The van der Waals surface area contributed by atoms with Gasteiger partial charge in [-0.05, 0) is 43.6 Å². The summed E-state index contributed by atoms with van der Waals surface area (Å²) < 4.78 is 5.55. The second-order valence-corrected chi connectivity index (χ2v) is 7.34. The van der Waals surface area contributed by atoms with E-state index in [0.717, 1.165) is 24.1 Å². The third-order valence-electron chi connectivity index (χ3n) is 5.23. The molecule has 0 aromatic heterocycles. The lowest BCUT2D eigenvalue weighted by Gasteiger charge is -2.29. The Morgan fingerprint density at radius 2 is 2.11 bits per heavy atom. The van der Waals surface area contributed by atoms with Crippen LogP contribution < -0.4 is 11.1 Å².